The van der Waals surface area contributed by atoms with Crippen molar-refractivity contribution < 1.29 is 14.3 Å². The maximum atomic E-state index is 11.7. The van der Waals surface area contributed by atoms with E-state index in [9.17, 15) is 4.79 Å². The van der Waals surface area contributed by atoms with Gasteiger partial charge in [0.15, 0.2) is 12.1 Å². The van der Waals surface area contributed by atoms with Gasteiger partial charge in [-0.05, 0) is 18.4 Å². The average molecular weight is 222 g/mol. The van der Waals surface area contributed by atoms with Crippen molar-refractivity contribution in [3.63, 3.8) is 0 Å². The molecule has 0 unspecified atom stereocenters. The third kappa shape index (κ3) is 1.92. The van der Waals surface area contributed by atoms with E-state index < -0.39 is 0 Å². The molecule has 0 radical (unpaired) electrons. The lowest BCUT2D eigenvalue weighted by Crippen LogP contribution is -2.37. The van der Waals surface area contributed by atoms with Crippen LogP contribution in [0.15, 0.2) is 24.0 Å². The third-order valence-electron chi connectivity index (χ3n) is 3.35. The molecule has 16 heavy (non-hydrogen) atoms. The first-order valence-electron chi connectivity index (χ1n) is 5.75. The van der Waals surface area contributed by atoms with Gasteiger partial charge in [-0.1, -0.05) is 19.9 Å². The van der Waals surface area contributed by atoms with Gasteiger partial charge in [-0.3, -0.25) is 4.79 Å². The van der Waals surface area contributed by atoms with Crippen molar-refractivity contribution in [1.82, 2.24) is 0 Å². The molecular weight excluding hydrogens is 204 g/mol. The number of fused-ring (bicyclic) bond motifs is 1. The minimum atomic E-state index is -0.211. The molecule has 1 aliphatic carbocycles. The van der Waals surface area contributed by atoms with Gasteiger partial charge in [0.25, 0.3) is 0 Å². The average Bonchev–Trinajstić information content (AvgIpc) is 2.25. The van der Waals surface area contributed by atoms with Crippen molar-refractivity contribution >= 4 is 5.78 Å². The monoisotopic (exact) mass is 222 g/mol. The standard InChI is InChI=1S/C13H18O3/c1-4-15-12-7-10-9(8-16-12)11(14)5-6-13(10,2)3/h5-6,8,10,12H,4,7H2,1-3H3/t10-,12-/m1/s1. The molecule has 88 valence electrons. The van der Waals surface area contributed by atoms with E-state index in [2.05, 4.69) is 13.8 Å². The minimum absolute atomic E-state index is 0.00112. The van der Waals surface area contributed by atoms with Crippen molar-refractivity contribution in [2.24, 2.45) is 11.3 Å². The van der Waals surface area contributed by atoms with Gasteiger partial charge in [0.05, 0.1) is 6.26 Å². The summed E-state index contributed by atoms with van der Waals surface area (Å²) in [5, 5.41) is 0. The third-order valence-corrected chi connectivity index (χ3v) is 3.35. The summed E-state index contributed by atoms with van der Waals surface area (Å²) in [7, 11) is 0. The Morgan fingerprint density at radius 1 is 1.56 bits per heavy atom. The van der Waals surface area contributed by atoms with Crippen molar-refractivity contribution in [3.8, 4) is 0 Å². The van der Waals surface area contributed by atoms with Gasteiger partial charge in [-0.15, -0.1) is 0 Å². The number of ether oxygens (including phenoxy) is 2. The second-order valence-electron chi connectivity index (χ2n) is 4.90. The van der Waals surface area contributed by atoms with E-state index in [0.717, 1.165) is 12.0 Å². The van der Waals surface area contributed by atoms with E-state index in [1.165, 1.54) is 0 Å². The normalized spacial score (nSPS) is 31.7. The molecular formula is C13H18O3. The molecule has 0 aromatic rings. The number of hydrogen-bond acceptors (Lipinski definition) is 3. The van der Waals surface area contributed by atoms with Crippen molar-refractivity contribution in [3.05, 3.63) is 24.0 Å². The Balaban J connectivity index is 2.25. The maximum Gasteiger partial charge on any atom is 0.199 e. The van der Waals surface area contributed by atoms with Crippen LogP contribution in [0.1, 0.15) is 27.2 Å². The Morgan fingerprint density at radius 2 is 2.31 bits per heavy atom. The Morgan fingerprint density at radius 3 is 3.00 bits per heavy atom. The molecule has 0 fully saturated rings. The molecule has 2 rings (SSSR count). The first-order chi connectivity index (χ1) is 7.54. The van der Waals surface area contributed by atoms with Crippen LogP contribution < -0.4 is 0 Å². The minimum Gasteiger partial charge on any atom is -0.472 e. The fraction of sp³-hybridized carbons (Fsp3) is 0.615. The largest absolute Gasteiger partial charge is 0.472 e. The summed E-state index contributed by atoms with van der Waals surface area (Å²) in [4.78, 5) is 11.7. The lowest BCUT2D eigenvalue weighted by atomic mass is 9.68. The highest BCUT2D eigenvalue weighted by molar-refractivity contribution is 6.05. The number of carbonyl (C=O) groups is 1. The SMILES string of the molecule is CCO[C@H]1C[C@@H]2C(=CO1)C(=O)C=CC2(C)C. The molecule has 3 heteroatoms. The van der Waals surface area contributed by atoms with Crippen LogP contribution in [0.2, 0.25) is 0 Å². The lowest BCUT2D eigenvalue weighted by molar-refractivity contribution is -0.133. The van der Waals surface area contributed by atoms with E-state index in [4.69, 9.17) is 9.47 Å². The van der Waals surface area contributed by atoms with E-state index in [1.807, 2.05) is 13.0 Å². The Labute approximate surface area is 96.1 Å². The van der Waals surface area contributed by atoms with E-state index >= 15 is 0 Å². The molecule has 2 aliphatic rings. The van der Waals surface area contributed by atoms with E-state index in [-0.39, 0.29) is 23.4 Å². The van der Waals surface area contributed by atoms with Gasteiger partial charge in [0, 0.05) is 24.5 Å². The highest BCUT2D eigenvalue weighted by atomic mass is 16.7. The Bertz CT molecular complexity index is 352. The summed E-state index contributed by atoms with van der Waals surface area (Å²) in [5.41, 5.74) is 0.780. The van der Waals surface area contributed by atoms with Crippen LogP contribution in [-0.2, 0) is 14.3 Å². The molecule has 1 aliphatic heterocycles. The van der Waals surface area contributed by atoms with Gasteiger partial charge in [-0.2, -0.15) is 0 Å². The number of allylic oxidation sites excluding steroid dienone is 3. The smallest absolute Gasteiger partial charge is 0.199 e. The predicted octanol–water partition coefficient (Wildman–Crippen LogP) is 2.43. The number of hydrogen-bond donors (Lipinski definition) is 0. The number of carbonyl (C=O) groups excluding carboxylic acids is 1. The summed E-state index contributed by atoms with van der Waals surface area (Å²) >= 11 is 0. The Hall–Kier alpha value is -1.09. The summed E-state index contributed by atoms with van der Waals surface area (Å²) in [6, 6.07) is 0. The van der Waals surface area contributed by atoms with Crippen LogP contribution in [-0.4, -0.2) is 18.7 Å². The van der Waals surface area contributed by atoms with Gasteiger partial charge >= 0.3 is 0 Å². The molecule has 0 spiro atoms. The first kappa shape index (κ1) is 11.4. The number of ketones is 1. The molecule has 1 heterocycles. The van der Waals surface area contributed by atoms with Crippen LogP contribution in [0.5, 0.6) is 0 Å². The maximum absolute atomic E-state index is 11.7. The molecule has 0 bridgehead atoms. The molecule has 0 aromatic heterocycles. The predicted molar refractivity (Wildman–Crippen MR) is 60.6 cm³/mol. The first-order valence-corrected chi connectivity index (χ1v) is 5.75. The van der Waals surface area contributed by atoms with Gasteiger partial charge in [-0.25, -0.2) is 0 Å². The summed E-state index contributed by atoms with van der Waals surface area (Å²) in [6.07, 6.45) is 5.76. The fourth-order valence-electron chi connectivity index (χ4n) is 2.34. The molecule has 0 saturated carbocycles. The van der Waals surface area contributed by atoms with Crippen molar-refractivity contribution in [2.45, 2.75) is 33.5 Å². The highest BCUT2D eigenvalue weighted by Crippen LogP contribution is 2.43. The lowest BCUT2D eigenvalue weighted by Gasteiger charge is -2.39. The van der Waals surface area contributed by atoms with Gasteiger partial charge in [0.2, 0.25) is 0 Å². The molecule has 2 atom stereocenters. The quantitative estimate of drug-likeness (QED) is 0.720. The zero-order chi connectivity index (χ0) is 11.8. The van der Waals surface area contributed by atoms with Crippen molar-refractivity contribution in [1.29, 1.82) is 0 Å². The Kier molecular flexibility index (Phi) is 2.89. The van der Waals surface area contributed by atoms with Crippen molar-refractivity contribution in [2.75, 3.05) is 6.61 Å². The van der Waals surface area contributed by atoms with Crippen LogP contribution in [0.3, 0.4) is 0 Å². The molecule has 3 nitrogen and oxygen atoms in total. The van der Waals surface area contributed by atoms with Crippen LogP contribution in [0, 0.1) is 11.3 Å². The van der Waals surface area contributed by atoms with E-state index in [0.29, 0.717) is 6.61 Å². The summed E-state index contributed by atoms with van der Waals surface area (Å²) in [6.45, 7) is 6.86. The van der Waals surface area contributed by atoms with Crippen LogP contribution in [0.25, 0.3) is 0 Å². The number of rotatable bonds is 2. The fourth-order valence-corrected chi connectivity index (χ4v) is 2.34. The highest BCUT2D eigenvalue weighted by Gasteiger charge is 2.40. The van der Waals surface area contributed by atoms with E-state index in [1.54, 1.807) is 12.3 Å². The molecule has 0 amide bonds. The van der Waals surface area contributed by atoms with Gasteiger partial charge in [0.1, 0.15) is 0 Å². The second kappa shape index (κ2) is 4.06. The zero-order valence-corrected chi connectivity index (χ0v) is 10.0. The van der Waals surface area contributed by atoms with Crippen LogP contribution >= 0.6 is 0 Å². The zero-order valence-electron chi connectivity index (χ0n) is 10.0. The molecule has 0 aromatic carbocycles. The molecule has 0 N–H and O–H groups in total. The summed E-state index contributed by atoms with van der Waals surface area (Å²) in [5.74, 6) is 0.273. The van der Waals surface area contributed by atoms with Gasteiger partial charge < -0.3 is 9.47 Å². The molecule has 0 saturated heterocycles. The van der Waals surface area contributed by atoms with Crippen LogP contribution in [0.4, 0.5) is 0 Å². The summed E-state index contributed by atoms with van der Waals surface area (Å²) < 4.78 is 10.9. The second-order valence-corrected chi connectivity index (χ2v) is 4.90. The topological polar surface area (TPSA) is 35.5 Å².